The molecule has 68 valence electrons. The summed E-state index contributed by atoms with van der Waals surface area (Å²) in [5.74, 6) is -1.34. The molecule has 1 rings (SSSR count). The first-order valence-corrected chi connectivity index (χ1v) is 3.94. The van der Waals surface area contributed by atoms with Crippen LogP contribution in [-0.4, -0.2) is 23.9 Å². The normalized spacial score (nSPS) is 21.7. The van der Waals surface area contributed by atoms with Gasteiger partial charge in [0.05, 0.1) is 0 Å². The van der Waals surface area contributed by atoms with E-state index in [2.05, 4.69) is 5.32 Å². The van der Waals surface area contributed by atoms with Gasteiger partial charge in [0.15, 0.2) is 5.54 Å². The summed E-state index contributed by atoms with van der Waals surface area (Å²) < 4.78 is 0. The molecule has 1 aliphatic rings. The van der Waals surface area contributed by atoms with Crippen molar-refractivity contribution in [3.8, 4) is 0 Å². The van der Waals surface area contributed by atoms with Crippen LogP contribution >= 0.6 is 0 Å². The maximum absolute atomic E-state index is 11.0. The Balaban J connectivity index is 2.84. The van der Waals surface area contributed by atoms with E-state index in [0.717, 1.165) is 12.8 Å². The molecule has 0 aromatic heterocycles. The number of hydrogen-bond acceptors (Lipinski definition) is 3. The Morgan fingerprint density at radius 1 is 1.17 bits per heavy atom. The van der Waals surface area contributed by atoms with Crippen LogP contribution in [0.1, 0.15) is 19.3 Å². The van der Waals surface area contributed by atoms with Crippen molar-refractivity contribution < 1.29 is 9.59 Å². The topological polar surface area (TPSA) is 98.2 Å². The molecular weight excluding hydrogens is 158 g/mol. The number of nitrogens with two attached hydrogens (primary N) is 2. The molecule has 12 heavy (non-hydrogen) atoms. The Kier molecular flexibility index (Phi) is 2.32. The van der Waals surface area contributed by atoms with Gasteiger partial charge in [-0.3, -0.25) is 14.9 Å². The van der Waals surface area contributed by atoms with E-state index < -0.39 is 17.4 Å². The second-order valence-electron chi connectivity index (χ2n) is 3.02. The third-order valence-electron chi connectivity index (χ3n) is 2.25. The first-order valence-electron chi connectivity index (χ1n) is 3.94. The van der Waals surface area contributed by atoms with Crippen LogP contribution in [0.25, 0.3) is 0 Å². The zero-order valence-electron chi connectivity index (χ0n) is 6.80. The summed E-state index contributed by atoms with van der Waals surface area (Å²) in [6.07, 6.45) is 2.17. The summed E-state index contributed by atoms with van der Waals surface area (Å²) in [6, 6.07) is 0. The van der Waals surface area contributed by atoms with Gasteiger partial charge in [-0.15, -0.1) is 0 Å². The van der Waals surface area contributed by atoms with E-state index in [4.69, 9.17) is 11.5 Å². The highest BCUT2D eigenvalue weighted by atomic mass is 16.2. The third-order valence-corrected chi connectivity index (χ3v) is 2.25. The molecule has 5 N–H and O–H groups in total. The summed E-state index contributed by atoms with van der Waals surface area (Å²) in [5, 5.41) is 2.78. The minimum absolute atomic E-state index is 0.414. The zero-order valence-corrected chi connectivity index (χ0v) is 6.80. The number of hydrogen-bond donors (Lipinski definition) is 3. The molecule has 0 aliphatic carbocycles. The van der Waals surface area contributed by atoms with E-state index in [1.165, 1.54) is 0 Å². The molecule has 1 saturated heterocycles. The van der Waals surface area contributed by atoms with Crippen LogP contribution in [-0.2, 0) is 9.59 Å². The molecule has 1 aliphatic heterocycles. The molecule has 0 aromatic rings. The van der Waals surface area contributed by atoms with Crippen molar-refractivity contribution in [1.82, 2.24) is 5.32 Å². The number of piperidine rings is 1. The predicted molar refractivity (Wildman–Crippen MR) is 43.0 cm³/mol. The summed E-state index contributed by atoms with van der Waals surface area (Å²) >= 11 is 0. The molecule has 0 bridgehead atoms. The van der Waals surface area contributed by atoms with Gasteiger partial charge in [-0.05, 0) is 25.8 Å². The first kappa shape index (κ1) is 8.99. The van der Waals surface area contributed by atoms with E-state index >= 15 is 0 Å². The molecule has 5 heteroatoms. The Morgan fingerprint density at radius 3 is 2.00 bits per heavy atom. The number of rotatable bonds is 2. The van der Waals surface area contributed by atoms with Gasteiger partial charge < -0.3 is 11.5 Å². The second-order valence-corrected chi connectivity index (χ2v) is 3.02. The molecule has 0 radical (unpaired) electrons. The highest BCUT2D eigenvalue weighted by Crippen LogP contribution is 2.18. The van der Waals surface area contributed by atoms with E-state index in [9.17, 15) is 9.59 Å². The molecular formula is C7H13N3O2. The van der Waals surface area contributed by atoms with Gasteiger partial charge in [0.25, 0.3) is 0 Å². The summed E-state index contributed by atoms with van der Waals surface area (Å²) in [4.78, 5) is 22.0. The Bertz CT molecular complexity index is 193. The summed E-state index contributed by atoms with van der Waals surface area (Å²) in [7, 11) is 0. The number of carbonyl (C=O) groups is 2. The van der Waals surface area contributed by atoms with Gasteiger partial charge in [-0.25, -0.2) is 0 Å². The summed E-state index contributed by atoms with van der Waals surface area (Å²) in [6.45, 7) is 0.617. The fourth-order valence-corrected chi connectivity index (χ4v) is 1.45. The number of nitrogens with one attached hydrogen (secondary N) is 1. The third kappa shape index (κ3) is 1.27. The molecule has 2 amide bonds. The number of amides is 2. The lowest BCUT2D eigenvalue weighted by molar-refractivity contribution is -0.136. The average Bonchev–Trinajstić information content (AvgIpc) is 2.05. The lowest BCUT2D eigenvalue weighted by Gasteiger charge is -2.32. The molecule has 0 spiro atoms. The van der Waals surface area contributed by atoms with E-state index in [1.807, 2.05) is 0 Å². The maximum atomic E-state index is 11.0. The summed E-state index contributed by atoms with van der Waals surface area (Å²) in [5.41, 5.74) is 8.91. The lowest BCUT2D eigenvalue weighted by Crippen LogP contribution is -2.65. The zero-order chi connectivity index (χ0) is 9.19. The van der Waals surface area contributed by atoms with Crippen molar-refractivity contribution in [3.05, 3.63) is 0 Å². The highest BCUT2D eigenvalue weighted by molar-refractivity contribution is 6.08. The largest absolute Gasteiger partial charge is 0.368 e. The van der Waals surface area contributed by atoms with Crippen molar-refractivity contribution in [2.45, 2.75) is 24.8 Å². The molecule has 5 nitrogen and oxygen atoms in total. The lowest BCUT2D eigenvalue weighted by atomic mass is 9.87. The minimum Gasteiger partial charge on any atom is -0.368 e. The van der Waals surface area contributed by atoms with Gasteiger partial charge in [-0.2, -0.15) is 0 Å². The number of primary amides is 2. The Hall–Kier alpha value is -1.10. The molecule has 1 heterocycles. The van der Waals surface area contributed by atoms with Gasteiger partial charge in [0, 0.05) is 0 Å². The van der Waals surface area contributed by atoms with Crippen molar-refractivity contribution in [2.75, 3.05) is 6.54 Å². The SMILES string of the molecule is NC(=O)C1(C(N)=O)CCCCN1. The minimum atomic E-state index is -1.29. The van der Waals surface area contributed by atoms with Crippen LogP contribution < -0.4 is 16.8 Å². The van der Waals surface area contributed by atoms with Gasteiger partial charge >= 0.3 is 0 Å². The first-order chi connectivity index (χ1) is 5.59. The molecule has 0 saturated carbocycles. The van der Waals surface area contributed by atoms with Crippen molar-refractivity contribution in [2.24, 2.45) is 11.5 Å². The molecule has 0 unspecified atom stereocenters. The van der Waals surface area contributed by atoms with Crippen molar-refractivity contribution in [3.63, 3.8) is 0 Å². The monoisotopic (exact) mass is 171 g/mol. The standard InChI is InChI=1S/C7H13N3O2/c8-5(11)7(6(9)12)3-1-2-4-10-7/h10H,1-4H2,(H2,8,11)(H2,9,12). The highest BCUT2D eigenvalue weighted by Gasteiger charge is 2.43. The Morgan fingerprint density at radius 2 is 1.75 bits per heavy atom. The van der Waals surface area contributed by atoms with E-state index in [1.54, 1.807) is 0 Å². The van der Waals surface area contributed by atoms with Gasteiger partial charge in [-0.1, -0.05) is 0 Å². The molecule has 0 aromatic carbocycles. The average molecular weight is 171 g/mol. The quantitative estimate of drug-likeness (QED) is 0.439. The number of carbonyl (C=O) groups excluding carboxylic acids is 2. The molecule has 1 fully saturated rings. The van der Waals surface area contributed by atoms with Crippen molar-refractivity contribution >= 4 is 11.8 Å². The van der Waals surface area contributed by atoms with Crippen LogP contribution in [0.15, 0.2) is 0 Å². The van der Waals surface area contributed by atoms with Crippen LogP contribution in [0.4, 0.5) is 0 Å². The van der Waals surface area contributed by atoms with Gasteiger partial charge in [0.2, 0.25) is 11.8 Å². The Labute approximate surface area is 70.5 Å². The maximum Gasteiger partial charge on any atom is 0.247 e. The van der Waals surface area contributed by atoms with Crippen LogP contribution in [0.3, 0.4) is 0 Å². The fourth-order valence-electron chi connectivity index (χ4n) is 1.45. The van der Waals surface area contributed by atoms with Gasteiger partial charge in [0.1, 0.15) is 0 Å². The predicted octanol–water partition coefficient (Wildman–Crippen LogP) is -1.53. The second kappa shape index (κ2) is 3.10. The molecule has 0 atom stereocenters. The van der Waals surface area contributed by atoms with Crippen LogP contribution in [0, 0.1) is 0 Å². The smallest absolute Gasteiger partial charge is 0.247 e. The van der Waals surface area contributed by atoms with E-state index in [-0.39, 0.29) is 0 Å². The van der Waals surface area contributed by atoms with E-state index in [0.29, 0.717) is 13.0 Å². The van der Waals surface area contributed by atoms with Crippen LogP contribution in [0.5, 0.6) is 0 Å². The fraction of sp³-hybridized carbons (Fsp3) is 0.714. The van der Waals surface area contributed by atoms with Crippen LogP contribution in [0.2, 0.25) is 0 Å². The van der Waals surface area contributed by atoms with Crippen molar-refractivity contribution in [1.29, 1.82) is 0 Å².